The van der Waals surface area contributed by atoms with Gasteiger partial charge in [0.2, 0.25) is 0 Å². The Morgan fingerprint density at radius 3 is 2.58 bits per heavy atom. The van der Waals surface area contributed by atoms with E-state index < -0.39 is 5.54 Å². The molecule has 1 unspecified atom stereocenters. The molecule has 2 aromatic carbocycles. The molecule has 2 heterocycles. The molecule has 0 saturated heterocycles. The van der Waals surface area contributed by atoms with Crippen molar-refractivity contribution < 1.29 is 23.4 Å². The molecule has 1 aliphatic rings. The average molecular weight is 453 g/mol. The van der Waals surface area contributed by atoms with E-state index in [1.807, 2.05) is 36.1 Å². The lowest BCUT2D eigenvalue weighted by Crippen LogP contribution is -2.44. The zero-order valence-electron chi connectivity index (χ0n) is 19.8. The van der Waals surface area contributed by atoms with E-state index in [-0.39, 0.29) is 5.91 Å². The highest BCUT2D eigenvalue weighted by atomic mass is 16.5. The van der Waals surface area contributed by atoms with E-state index in [2.05, 4.69) is 0 Å². The SMILES string of the molecule is COc1ccc2c(c1OC)CCN(CCC(C)(N)CCc1coc3c(OC)cccc13)C2=O. The highest BCUT2D eigenvalue weighted by Crippen LogP contribution is 2.36. The number of aryl methyl sites for hydroxylation is 1. The van der Waals surface area contributed by atoms with Gasteiger partial charge in [-0.15, -0.1) is 0 Å². The minimum Gasteiger partial charge on any atom is -0.493 e. The van der Waals surface area contributed by atoms with Gasteiger partial charge in [0.25, 0.3) is 5.91 Å². The third-order valence-electron chi connectivity index (χ3n) is 6.58. The maximum Gasteiger partial charge on any atom is 0.254 e. The Balaban J connectivity index is 1.39. The second-order valence-electron chi connectivity index (χ2n) is 8.87. The number of carbonyl (C=O) groups is 1. The van der Waals surface area contributed by atoms with Crippen LogP contribution in [-0.4, -0.2) is 50.8 Å². The summed E-state index contributed by atoms with van der Waals surface area (Å²) in [5, 5.41) is 1.05. The van der Waals surface area contributed by atoms with Crippen molar-refractivity contribution in [2.45, 2.75) is 38.1 Å². The van der Waals surface area contributed by atoms with Gasteiger partial charge >= 0.3 is 0 Å². The summed E-state index contributed by atoms with van der Waals surface area (Å²) in [7, 11) is 4.85. The first-order valence-electron chi connectivity index (χ1n) is 11.2. The molecule has 7 nitrogen and oxygen atoms in total. The van der Waals surface area contributed by atoms with Gasteiger partial charge < -0.3 is 29.3 Å². The minimum atomic E-state index is -0.416. The lowest BCUT2D eigenvalue weighted by molar-refractivity contribution is 0.0725. The quantitative estimate of drug-likeness (QED) is 0.524. The standard InChI is InChI=1S/C26H32N2O5/c1-26(27,12-10-17-16-33-24-18(17)6-5-7-21(24)30-2)13-15-28-14-11-19-20(25(28)29)8-9-22(31-3)23(19)32-4/h5-9,16H,10-15,27H2,1-4H3. The van der Waals surface area contributed by atoms with Gasteiger partial charge in [-0.2, -0.15) is 0 Å². The maximum absolute atomic E-state index is 13.1. The number of para-hydroxylation sites is 1. The van der Waals surface area contributed by atoms with Gasteiger partial charge in [0.05, 0.1) is 27.6 Å². The van der Waals surface area contributed by atoms with Crippen LogP contribution in [0.25, 0.3) is 11.0 Å². The van der Waals surface area contributed by atoms with E-state index >= 15 is 0 Å². The number of nitrogens with zero attached hydrogens (tertiary/aromatic N) is 1. The molecule has 1 aromatic heterocycles. The molecule has 33 heavy (non-hydrogen) atoms. The third-order valence-corrected chi connectivity index (χ3v) is 6.58. The Labute approximate surface area is 194 Å². The molecule has 1 amide bonds. The number of hydrogen-bond donors (Lipinski definition) is 1. The number of carbonyl (C=O) groups excluding carboxylic acids is 1. The van der Waals surface area contributed by atoms with E-state index in [9.17, 15) is 4.79 Å². The zero-order chi connectivity index (χ0) is 23.6. The molecule has 7 heteroatoms. The van der Waals surface area contributed by atoms with Crippen molar-refractivity contribution in [2.24, 2.45) is 5.73 Å². The van der Waals surface area contributed by atoms with E-state index in [0.29, 0.717) is 36.6 Å². The van der Waals surface area contributed by atoms with Gasteiger partial charge in [0.1, 0.15) is 0 Å². The molecule has 0 fully saturated rings. The van der Waals surface area contributed by atoms with Crippen LogP contribution in [0.3, 0.4) is 0 Å². The van der Waals surface area contributed by atoms with Crippen LogP contribution in [0, 0.1) is 0 Å². The van der Waals surface area contributed by atoms with Crippen LogP contribution < -0.4 is 19.9 Å². The van der Waals surface area contributed by atoms with Gasteiger partial charge in [-0.25, -0.2) is 0 Å². The summed E-state index contributed by atoms with van der Waals surface area (Å²) >= 11 is 0. The summed E-state index contributed by atoms with van der Waals surface area (Å²) in [6.07, 6.45) is 4.80. The van der Waals surface area contributed by atoms with Crippen LogP contribution in [-0.2, 0) is 12.8 Å². The molecule has 4 rings (SSSR count). The second-order valence-corrected chi connectivity index (χ2v) is 8.87. The molecule has 0 spiro atoms. The average Bonchev–Trinajstić information content (AvgIpc) is 3.25. The highest BCUT2D eigenvalue weighted by Gasteiger charge is 2.30. The van der Waals surface area contributed by atoms with E-state index in [1.54, 1.807) is 33.7 Å². The summed E-state index contributed by atoms with van der Waals surface area (Å²) in [4.78, 5) is 15.0. The lowest BCUT2D eigenvalue weighted by Gasteiger charge is -2.33. The molecule has 0 aliphatic carbocycles. The summed E-state index contributed by atoms with van der Waals surface area (Å²) in [6, 6.07) is 9.51. The summed E-state index contributed by atoms with van der Waals surface area (Å²) in [5.41, 5.74) is 9.70. The highest BCUT2D eigenvalue weighted by molar-refractivity contribution is 5.98. The number of nitrogens with two attached hydrogens (primary N) is 1. The van der Waals surface area contributed by atoms with Crippen molar-refractivity contribution in [1.82, 2.24) is 4.90 Å². The van der Waals surface area contributed by atoms with Crippen molar-refractivity contribution in [3.05, 3.63) is 53.3 Å². The Morgan fingerprint density at radius 1 is 1.06 bits per heavy atom. The molecular weight excluding hydrogens is 420 g/mol. The maximum atomic E-state index is 13.1. The fraction of sp³-hybridized carbons (Fsp3) is 0.423. The predicted octanol–water partition coefficient (Wildman–Crippen LogP) is 4.20. The topological polar surface area (TPSA) is 87.2 Å². The van der Waals surface area contributed by atoms with Crippen LogP contribution in [0.4, 0.5) is 0 Å². The molecular formula is C26H32N2O5. The van der Waals surface area contributed by atoms with Gasteiger partial charge in [-0.1, -0.05) is 12.1 Å². The Morgan fingerprint density at radius 2 is 1.85 bits per heavy atom. The van der Waals surface area contributed by atoms with Crippen LogP contribution in [0.5, 0.6) is 17.2 Å². The van der Waals surface area contributed by atoms with Crippen LogP contribution in [0.15, 0.2) is 41.0 Å². The van der Waals surface area contributed by atoms with E-state index in [1.165, 1.54) is 0 Å². The molecule has 1 aliphatic heterocycles. The second kappa shape index (κ2) is 9.35. The first-order valence-corrected chi connectivity index (χ1v) is 11.2. The molecule has 0 saturated carbocycles. The Hall–Kier alpha value is -3.19. The number of ether oxygens (including phenoxy) is 3. The predicted molar refractivity (Wildman–Crippen MR) is 127 cm³/mol. The van der Waals surface area contributed by atoms with Gasteiger partial charge in [0, 0.05) is 35.1 Å². The van der Waals surface area contributed by atoms with Crippen molar-refractivity contribution in [3.8, 4) is 17.2 Å². The number of rotatable bonds is 9. The molecule has 176 valence electrons. The van der Waals surface area contributed by atoms with E-state index in [0.717, 1.165) is 47.1 Å². The van der Waals surface area contributed by atoms with Crippen LogP contribution in [0.1, 0.15) is 41.3 Å². The van der Waals surface area contributed by atoms with E-state index in [4.69, 9.17) is 24.4 Å². The Kier molecular flexibility index (Phi) is 6.51. The number of hydrogen-bond acceptors (Lipinski definition) is 6. The van der Waals surface area contributed by atoms with Gasteiger partial charge in [0.15, 0.2) is 22.8 Å². The molecule has 1 atom stereocenters. The molecule has 0 bridgehead atoms. The van der Waals surface area contributed by atoms with Crippen molar-refractivity contribution in [3.63, 3.8) is 0 Å². The summed E-state index contributed by atoms with van der Waals surface area (Å²) < 4.78 is 22.0. The Bertz CT molecular complexity index is 1150. The fourth-order valence-electron chi connectivity index (χ4n) is 4.55. The summed E-state index contributed by atoms with van der Waals surface area (Å²) in [5.74, 6) is 2.04. The normalized spacial score (nSPS) is 15.3. The largest absolute Gasteiger partial charge is 0.493 e. The van der Waals surface area contributed by atoms with Gasteiger partial charge in [-0.3, -0.25) is 4.79 Å². The molecule has 3 aromatic rings. The number of benzene rings is 2. The number of furan rings is 1. The van der Waals surface area contributed by atoms with Crippen molar-refractivity contribution >= 4 is 16.9 Å². The minimum absolute atomic E-state index is 0.0147. The van der Waals surface area contributed by atoms with Crippen molar-refractivity contribution in [1.29, 1.82) is 0 Å². The number of fused-ring (bicyclic) bond motifs is 2. The third kappa shape index (κ3) is 4.50. The number of amides is 1. The zero-order valence-corrected chi connectivity index (χ0v) is 19.8. The first-order chi connectivity index (χ1) is 15.9. The fourth-order valence-corrected chi connectivity index (χ4v) is 4.55. The number of methoxy groups -OCH3 is 3. The lowest BCUT2D eigenvalue weighted by atomic mass is 9.90. The monoisotopic (exact) mass is 452 g/mol. The molecule has 0 radical (unpaired) electrons. The molecule has 2 N–H and O–H groups in total. The van der Waals surface area contributed by atoms with Crippen molar-refractivity contribution in [2.75, 3.05) is 34.4 Å². The van der Waals surface area contributed by atoms with Crippen LogP contribution in [0.2, 0.25) is 0 Å². The van der Waals surface area contributed by atoms with Gasteiger partial charge in [-0.05, 0) is 56.4 Å². The summed E-state index contributed by atoms with van der Waals surface area (Å²) in [6.45, 7) is 3.29. The smallest absolute Gasteiger partial charge is 0.254 e. The van der Waals surface area contributed by atoms with Crippen LogP contribution >= 0.6 is 0 Å². The first kappa shape index (κ1) is 23.0.